The third kappa shape index (κ3) is 2.92. The van der Waals surface area contributed by atoms with E-state index in [4.69, 9.17) is 0 Å². The molecule has 1 aliphatic heterocycles. The van der Waals surface area contributed by atoms with Gasteiger partial charge >= 0.3 is 0 Å². The number of hydrogen-bond donors (Lipinski definition) is 0. The van der Waals surface area contributed by atoms with Crippen LogP contribution >= 0.6 is 11.5 Å². The minimum atomic E-state index is -1.16. The Morgan fingerprint density at radius 3 is 2.71 bits per heavy atom. The van der Waals surface area contributed by atoms with E-state index in [1.165, 1.54) is 11.5 Å². The minimum Gasteiger partial charge on any atom is -0.550 e. The lowest BCUT2D eigenvalue weighted by atomic mass is 10.1. The Balaban J connectivity index is 1.68. The Bertz CT molecular complexity index is 655. The number of carbonyl (C=O) groups is 2. The first-order chi connectivity index (χ1) is 10.1. The maximum atomic E-state index is 11.8. The average molecular weight is 302 g/mol. The SMILES string of the molecule is O=C([O-])[C@@H]1CC(=O)N(Cc2ccc(-c3csnn3)cc2)C1. The first-order valence-corrected chi connectivity index (χ1v) is 7.32. The van der Waals surface area contributed by atoms with Gasteiger partial charge < -0.3 is 14.8 Å². The van der Waals surface area contributed by atoms with Crippen LogP contribution in [0.5, 0.6) is 0 Å². The highest BCUT2D eigenvalue weighted by atomic mass is 32.1. The van der Waals surface area contributed by atoms with Gasteiger partial charge in [0, 0.05) is 42.3 Å². The molecule has 6 nitrogen and oxygen atoms in total. The molecule has 0 N–H and O–H groups in total. The first kappa shape index (κ1) is 13.7. The fourth-order valence-electron chi connectivity index (χ4n) is 2.37. The highest BCUT2D eigenvalue weighted by Crippen LogP contribution is 2.22. The molecule has 1 amide bonds. The van der Waals surface area contributed by atoms with Gasteiger partial charge in [-0.15, -0.1) is 5.10 Å². The van der Waals surface area contributed by atoms with Gasteiger partial charge in [0.1, 0.15) is 5.69 Å². The molecular weight excluding hydrogens is 290 g/mol. The van der Waals surface area contributed by atoms with Crippen LogP contribution in [-0.4, -0.2) is 32.9 Å². The summed E-state index contributed by atoms with van der Waals surface area (Å²) in [5, 5.41) is 16.7. The molecule has 2 heterocycles. The van der Waals surface area contributed by atoms with E-state index < -0.39 is 11.9 Å². The summed E-state index contributed by atoms with van der Waals surface area (Å²) in [5.74, 6) is -1.99. The van der Waals surface area contributed by atoms with Gasteiger partial charge in [0.2, 0.25) is 5.91 Å². The van der Waals surface area contributed by atoms with E-state index >= 15 is 0 Å². The number of amides is 1. The summed E-state index contributed by atoms with van der Waals surface area (Å²) in [7, 11) is 0. The molecule has 1 atom stereocenters. The molecule has 108 valence electrons. The lowest BCUT2D eigenvalue weighted by molar-refractivity contribution is -0.311. The van der Waals surface area contributed by atoms with Crippen LogP contribution < -0.4 is 5.11 Å². The van der Waals surface area contributed by atoms with E-state index in [-0.39, 0.29) is 18.9 Å². The summed E-state index contributed by atoms with van der Waals surface area (Å²) in [6.07, 6.45) is 0.0326. The first-order valence-electron chi connectivity index (χ1n) is 6.48. The second kappa shape index (κ2) is 5.61. The van der Waals surface area contributed by atoms with Crippen molar-refractivity contribution in [1.29, 1.82) is 0 Å². The molecular formula is C14H12N3O3S-. The van der Waals surface area contributed by atoms with Crippen LogP contribution in [0, 0.1) is 5.92 Å². The van der Waals surface area contributed by atoms with E-state index in [9.17, 15) is 14.7 Å². The number of nitrogens with zero attached hydrogens (tertiary/aromatic N) is 3. The van der Waals surface area contributed by atoms with Crippen molar-refractivity contribution in [2.75, 3.05) is 6.54 Å². The fourth-order valence-corrected chi connectivity index (χ4v) is 2.84. The van der Waals surface area contributed by atoms with Gasteiger partial charge in [-0.1, -0.05) is 28.8 Å². The molecule has 0 aliphatic carbocycles. The lowest BCUT2D eigenvalue weighted by Gasteiger charge is -2.17. The molecule has 1 aromatic heterocycles. The molecule has 1 saturated heterocycles. The topological polar surface area (TPSA) is 86.2 Å². The van der Waals surface area contributed by atoms with E-state index in [1.54, 1.807) is 4.90 Å². The summed E-state index contributed by atoms with van der Waals surface area (Å²) >= 11 is 1.29. The summed E-state index contributed by atoms with van der Waals surface area (Å²) in [4.78, 5) is 24.1. The number of benzene rings is 1. The molecule has 3 rings (SSSR count). The Morgan fingerprint density at radius 1 is 1.38 bits per heavy atom. The van der Waals surface area contributed by atoms with E-state index in [0.717, 1.165) is 16.8 Å². The van der Waals surface area contributed by atoms with Gasteiger partial charge in [-0.3, -0.25) is 4.79 Å². The smallest absolute Gasteiger partial charge is 0.223 e. The molecule has 0 radical (unpaired) electrons. The second-order valence-electron chi connectivity index (χ2n) is 4.98. The van der Waals surface area contributed by atoms with Crippen molar-refractivity contribution in [3.05, 3.63) is 35.2 Å². The second-order valence-corrected chi connectivity index (χ2v) is 5.59. The largest absolute Gasteiger partial charge is 0.550 e. The quantitative estimate of drug-likeness (QED) is 0.811. The normalized spacial score (nSPS) is 18.2. The van der Waals surface area contributed by atoms with Gasteiger partial charge in [0.25, 0.3) is 0 Å². The van der Waals surface area contributed by atoms with Gasteiger partial charge in [-0.25, -0.2) is 0 Å². The highest BCUT2D eigenvalue weighted by Gasteiger charge is 2.30. The number of carbonyl (C=O) groups excluding carboxylic acids is 2. The van der Waals surface area contributed by atoms with Crippen molar-refractivity contribution in [1.82, 2.24) is 14.5 Å². The molecule has 7 heteroatoms. The zero-order valence-electron chi connectivity index (χ0n) is 11.1. The Hall–Kier alpha value is -2.28. The van der Waals surface area contributed by atoms with Crippen LogP contribution in [0.2, 0.25) is 0 Å². The summed E-state index contributed by atoms with van der Waals surface area (Å²) in [6, 6.07) is 7.66. The third-order valence-electron chi connectivity index (χ3n) is 3.53. The van der Waals surface area contributed by atoms with Crippen molar-refractivity contribution in [2.24, 2.45) is 5.92 Å². The maximum absolute atomic E-state index is 11.8. The summed E-state index contributed by atoms with van der Waals surface area (Å²) in [5.41, 5.74) is 2.74. The molecule has 0 bridgehead atoms. The van der Waals surface area contributed by atoms with E-state index in [1.807, 2.05) is 29.6 Å². The van der Waals surface area contributed by atoms with Gasteiger partial charge in [0.15, 0.2) is 0 Å². The monoisotopic (exact) mass is 302 g/mol. The van der Waals surface area contributed by atoms with Crippen LogP contribution in [-0.2, 0) is 16.1 Å². The number of carboxylic acid groups (broad SMARTS) is 1. The highest BCUT2D eigenvalue weighted by molar-refractivity contribution is 7.03. The standard InChI is InChI=1S/C14H13N3O3S/c18-13-5-11(14(19)20)7-17(13)6-9-1-3-10(4-2-9)12-8-21-16-15-12/h1-4,8,11H,5-7H2,(H,19,20)/p-1/t11-/m1/s1. The molecule has 0 saturated carbocycles. The van der Waals surface area contributed by atoms with Gasteiger partial charge in [-0.2, -0.15) is 0 Å². The molecule has 21 heavy (non-hydrogen) atoms. The molecule has 1 aliphatic rings. The summed E-state index contributed by atoms with van der Waals surface area (Å²) < 4.78 is 3.82. The van der Waals surface area contributed by atoms with Crippen molar-refractivity contribution in [2.45, 2.75) is 13.0 Å². The lowest BCUT2D eigenvalue weighted by Crippen LogP contribution is -2.33. The predicted molar refractivity (Wildman–Crippen MR) is 73.9 cm³/mol. The Morgan fingerprint density at radius 2 is 2.14 bits per heavy atom. The van der Waals surface area contributed by atoms with Crippen molar-refractivity contribution in [3.8, 4) is 11.3 Å². The summed E-state index contributed by atoms with van der Waals surface area (Å²) in [6.45, 7) is 0.636. The number of likely N-dealkylation sites (tertiary alicyclic amines) is 1. The zero-order valence-corrected chi connectivity index (χ0v) is 11.9. The van der Waals surface area contributed by atoms with E-state index in [2.05, 4.69) is 9.59 Å². The Labute approximate surface area is 125 Å². The number of carboxylic acids is 1. The zero-order chi connectivity index (χ0) is 14.8. The number of aromatic nitrogens is 2. The van der Waals surface area contributed by atoms with Crippen LogP contribution in [0.15, 0.2) is 29.6 Å². The van der Waals surface area contributed by atoms with Gasteiger partial charge in [-0.05, 0) is 17.1 Å². The minimum absolute atomic E-state index is 0.0326. The molecule has 2 aromatic rings. The number of rotatable bonds is 4. The van der Waals surface area contributed by atoms with Gasteiger partial charge in [0.05, 0.1) is 0 Å². The van der Waals surface area contributed by atoms with Crippen LogP contribution in [0.4, 0.5) is 0 Å². The third-order valence-corrected chi connectivity index (χ3v) is 4.04. The van der Waals surface area contributed by atoms with E-state index in [0.29, 0.717) is 6.54 Å². The molecule has 0 unspecified atom stereocenters. The number of hydrogen-bond acceptors (Lipinski definition) is 6. The average Bonchev–Trinajstić information content (AvgIpc) is 3.10. The fraction of sp³-hybridized carbons (Fsp3) is 0.286. The van der Waals surface area contributed by atoms with Crippen molar-refractivity contribution < 1.29 is 14.7 Å². The Kier molecular flexibility index (Phi) is 3.66. The van der Waals surface area contributed by atoms with Crippen molar-refractivity contribution in [3.63, 3.8) is 0 Å². The van der Waals surface area contributed by atoms with Crippen molar-refractivity contribution >= 4 is 23.4 Å². The number of aliphatic carboxylic acids is 1. The van der Waals surface area contributed by atoms with Crippen LogP contribution in [0.3, 0.4) is 0 Å². The molecule has 1 aromatic carbocycles. The molecule has 1 fully saturated rings. The molecule has 0 spiro atoms. The van der Waals surface area contributed by atoms with Crippen LogP contribution in [0.25, 0.3) is 11.3 Å². The van der Waals surface area contributed by atoms with Crippen LogP contribution in [0.1, 0.15) is 12.0 Å². The predicted octanol–water partition coefficient (Wildman–Crippen LogP) is 0.303. The maximum Gasteiger partial charge on any atom is 0.223 e.